The first-order valence-corrected chi connectivity index (χ1v) is 12.5. The molecule has 0 spiro atoms. The molecule has 1 aliphatic rings. The molecule has 1 N–H and O–H groups in total. The number of carbonyl (C=O) groups excluding carboxylic acids is 1. The molecular formula is C26H30N2O3S. The average molecular weight is 451 g/mol. The van der Waals surface area contributed by atoms with Crippen molar-refractivity contribution in [2.24, 2.45) is 0 Å². The van der Waals surface area contributed by atoms with Gasteiger partial charge >= 0.3 is 0 Å². The van der Waals surface area contributed by atoms with Gasteiger partial charge in [-0.25, -0.2) is 8.42 Å². The zero-order chi connectivity index (χ0) is 23.1. The number of rotatable bonds is 6. The van der Waals surface area contributed by atoms with Crippen molar-refractivity contribution in [2.45, 2.75) is 56.9 Å². The van der Waals surface area contributed by atoms with E-state index in [2.05, 4.69) is 50.4 Å². The molecule has 1 amide bonds. The molecule has 1 heterocycles. The van der Waals surface area contributed by atoms with Crippen molar-refractivity contribution in [2.75, 3.05) is 10.8 Å². The van der Waals surface area contributed by atoms with Crippen LogP contribution < -0.4 is 9.62 Å². The van der Waals surface area contributed by atoms with Crippen LogP contribution in [0.15, 0.2) is 65.6 Å². The minimum atomic E-state index is -3.58. The summed E-state index contributed by atoms with van der Waals surface area (Å²) < 4.78 is 27.5. The Kier molecular flexibility index (Phi) is 5.76. The quantitative estimate of drug-likeness (QED) is 0.554. The summed E-state index contributed by atoms with van der Waals surface area (Å²) in [6, 6.07) is 19.2. The molecule has 1 unspecified atom stereocenters. The Morgan fingerprint density at radius 3 is 2.31 bits per heavy atom. The Balaban J connectivity index is 1.37. The predicted octanol–water partition coefficient (Wildman–Crippen LogP) is 5.30. The summed E-state index contributed by atoms with van der Waals surface area (Å²) in [4.78, 5) is 12.9. The van der Waals surface area contributed by atoms with Gasteiger partial charge in [0.2, 0.25) is 5.91 Å². The molecule has 0 saturated carbocycles. The number of amides is 1. The highest BCUT2D eigenvalue weighted by atomic mass is 32.2. The van der Waals surface area contributed by atoms with Crippen LogP contribution in [0.25, 0.3) is 10.8 Å². The van der Waals surface area contributed by atoms with Gasteiger partial charge in [-0.1, -0.05) is 69.3 Å². The molecule has 0 fully saturated rings. The summed E-state index contributed by atoms with van der Waals surface area (Å²) in [5.74, 6) is -0.0790. The first kappa shape index (κ1) is 22.3. The summed E-state index contributed by atoms with van der Waals surface area (Å²) >= 11 is 0. The first-order valence-electron chi connectivity index (χ1n) is 11.0. The average Bonchev–Trinajstić information content (AvgIpc) is 2.96. The SMILES string of the molecule is CC(NC(=O)CCCN1c2cccc3cccc(c23)S1(=O)=O)c1ccc(C(C)(C)C)cc1. The van der Waals surface area contributed by atoms with Crippen molar-refractivity contribution in [1.29, 1.82) is 0 Å². The van der Waals surface area contributed by atoms with Gasteiger partial charge in [-0.3, -0.25) is 9.10 Å². The number of hydrogen-bond donors (Lipinski definition) is 1. The van der Waals surface area contributed by atoms with Gasteiger partial charge in [0.1, 0.15) is 0 Å². The predicted molar refractivity (Wildman–Crippen MR) is 129 cm³/mol. The highest BCUT2D eigenvalue weighted by Gasteiger charge is 2.35. The smallest absolute Gasteiger partial charge is 0.265 e. The monoisotopic (exact) mass is 450 g/mol. The molecule has 168 valence electrons. The standard InChI is InChI=1S/C26H30N2O3S/c1-18(19-13-15-21(16-14-19)26(2,3)4)27-24(29)12-7-17-28-22-10-5-8-20-9-6-11-23(25(20)22)32(28,30)31/h5-6,8-11,13-16,18H,7,12,17H2,1-4H3,(H,27,29). The molecule has 0 bridgehead atoms. The Morgan fingerprint density at radius 1 is 1.00 bits per heavy atom. The van der Waals surface area contributed by atoms with Gasteiger partial charge in [0.25, 0.3) is 10.0 Å². The first-order chi connectivity index (χ1) is 15.1. The van der Waals surface area contributed by atoms with Crippen LogP contribution in [0.4, 0.5) is 5.69 Å². The van der Waals surface area contributed by atoms with Crippen molar-refractivity contribution in [3.63, 3.8) is 0 Å². The minimum Gasteiger partial charge on any atom is -0.350 e. The lowest BCUT2D eigenvalue weighted by Gasteiger charge is -2.21. The lowest BCUT2D eigenvalue weighted by Crippen LogP contribution is -2.30. The third-order valence-electron chi connectivity index (χ3n) is 6.10. The molecule has 32 heavy (non-hydrogen) atoms. The molecule has 4 rings (SSSR count). The van der Waals surface area contributed by atoms with E-state index in [1.165, 1.54) is 9.87 Å². The van der Waals surface area contributed by atoms with E-state index in [4.69, 9.17) is 0 Å². The number of hydrogen-bond acceptors (Lipinski definition) is 3. The van der Waals surface area contributed by atoms with E-state index < -0.39 is 10.0 Å². The Bertz CT molecular complexity index is 1250. The molecule has 0 radical (unpaired) electrons. The zero-order valence-corrected chi connectivity index (χ0v) is 19.9. The van der Waals surface area contributed by atoms with Crippen LogP contribution in [-0.2, 0) is 20.2 Å². The zero-order valence-electron chi connectivity index (χ0n) is 19.1. The molecule has 6 heteroatoms. The second kappa shape index (κ2) is 8.24. The fourth-order valence-corrected chi connectivity index (χ4v) is 6.00. The third-order valence-corrected chi connectivity index (χ3v) is 7.96. The van der Waals surface area contributed by atoms with Crippen LogP contribution in [0.1, 0.15) is 57.7 Å². The molecule has 5 nitrogen and oxygen atoms in total. The van der Waals surface area contributed by atoms with Crippen LogP contribution in [0.2, 0.25) is 0 Å². The summed E-state index contributed by atoms with van der Waals surface area (Å²) in [6.07, 6.45) is 0.716. The third kappa shape index (κ3) is 4.11. The summed E-state index contributed by atoms with van der Waals surface area (Å²) in [5.41, 5.74) is 3.09. The van der Waals surface area contributed by atoms with E-state index >= 15 is 0 Å². The number of anilines is 1. The number of nitrogens with zero attached hydrogens (tertiary/aromatic N) is 1. The van der Waals surface area contributed by atoms with Crippen molar-refractivity contribution >= 4 is 32.4 Å². The maximum atomic E-state index is 13.0. The molecule has 0 aromatic heterocycles. The van der Waals surface area contributed by atoms with Crippen LogP contribution >= 0.6 is 0 Å². The minimum absolute atomic E-state index is 0.0790. The summed E-state index contributed by atoms with van der Waals surface area (Å²) in [7, 11) is -3.58. The van der Waals surface area contributed by atoms with E-state index in [1.54, 1.807) is 12.1 Å². The molecule has 3 aromatic rings. The maximum absolute atomic E-state index is 13.0. The van der Waals surface area contributed by atoms with Crippen molar-refractivity contribution in [3.05, 3.63) is 71.8 Å². The molecule has 3 aromatic carbocycles. The second-order valence-electron chi connectivity index (χ2n) is 9.47. The van der Waals surface area contributed by atoms with Gasteiger partial charge in [0.15, 0.2) is 0 Å². The van der Waals surface area contributed by atoms with Gasteiger partial charge in [-0.05, 0) is 47.4 Å². The van der Waals surface area contributed by atoms with E-state index in [1.807, 2.05) is 31.2 Å². The van der Waals surface area contributed by atoms with Crippen LogP contribution in [0, 0.1) is 0 Å². The number of sulfonamides is 1. The van der Waals surface area contributed by atoms with Crippen molar-refractivity contribution < 1.29 is 13.2 Å². The van der Waals surface area contributed by atoms with E-state index in [9.17, 15) is 13.2 Å². The van der Waals surface area contributed by atoms with Crippen LogP contribution in [0.5, 0.6) is 0 Å². The van der Waals surface area contributed by atoms with Gasteiger partial charge in [-0.15, -0.1) is 0 Å². The van der Waals surface area contributed by atoms with Gasteiger partial charge in [0.05, 0.1) is 16.6 Å². The van der Waals surface area contributed by atoms with Crippen molar-refractivity contribution in [1.82, 2.24) is 5.32 Å². The van der Waals surface area contributed by atoms with Crippen LogP contribution in [0.3, 0.4) is 0 Å². The summed E-state index contributed by atoms with van der Waals surface area (Å²) in [5, 5.41) is 4.71. The van der Waals surface area contributed by atoms with Gasteiger partial charge in [0, 0.05) is 18.4 Å². The highest BCUT2D eigenvalue weighted by molar-refractivity contribution is 7.93. The lowest BCUT2D eigenvalue weighted by molar-refractivity contribution is -0.121. The van der Waals surface area contributed by atoms with Crippen LogP contribution in [-0.4, -0.2) is 20.9 Å². The second-order valence-corrected chi connectivity index (χ2v) is 11.3. The van der Waals surface area contributed by atoms with Crippen molar-refractivity contribution in [3.8, 4) is 0 Å². The number of nitrogens with one attached hydrogen (secondary N) is 1. The fraction of sp³-hybridized carbons (Fsp3) is 0.346. The molecule has 0 aliphatic carbocycles. The molecule has 0 saturated heterocycles. The number of benzene rings is 3. The van der Waals surface area contributed by atoms with E-state index in [0.29, 0.717) is 17.0 Å². The largest absolute Gasteiger partial charge is 0.350 e. The summed E-state index contributed by atoms with van der Waals surface area (Å²) in [6.45, 7) is 8.76. The van der Waals surface area contributed by atoms with Gasteiger partial charge in [-0.2, -0.15) is 0 Å². The van der Waals surface area contributed by atoms with E-state index in [-0.39, 0.29) is 30.3 Å². The molecule has 1 aliphatic heterocycles. The number of carbonyl (C=O) groups is 1. The Labute approximate surface area is 190 Å². The molecular weight excluding hydrogens is 420 g/mol. The normalized spacial score (nSPS) is 15.7. The van der Waals surface area contributed by atoms with E-state index in [0.717, 1.165) is 16.3 Å². The topological polar surface area (TPSA) is 66.5 Å². The Hall–Kier alpha value is -2.86. The lowest BCUT2D eigenvalue weighted by atomic mass is 9.86. The van der Waals surface area contributed by atoms with Gasteiger partial charge < -0.3 is 5.32 Å². The maximum Gasteiger partial charge on any atom is 0.265 e. The molecule has 1 atom stereocenters. The fourth-order valence-electron chi connectivity index (χ4n) is 4.25. The highest BCUT2D eigenvalue weighted by Crippen LogP contribution is 2.42. The Morgan fingerprint density at radius 2 is 1.66 bits per heavy atom.